The van der Waals surface area contributed by atoms with Gasteiger partial charge in [0, 0.05) is 5.92 Å². The number of esters is 1. The molecule has 1 aromatic carbocycles. The number of rotatable bonds is 5. The van der Waals surface area contributed by atoms with Gasteiger partial charge in [-0.1, -0.05) is 36.8 Å². The number of aliphatic carboxylic acids is 1. The number of aliphatic hydroxyl groups is 1. The summed E-state index contributed by atoms with van der Waals surface area (Å²) >= 11 is 0. The Morgan fingerprint density at radius 3 is 2.50 bits per heavy atom. The molecule has 2 rings (SSSR count). The first-order valence-corrected chi connectivity index (χ1v) is 7.60. The molecule has 0 aliphatic heterocycles. The highest BCUT2D eigenvalue weighted by molar-refractivity contribution is 5.84. The van der Waals surface area contributed by atoms with Gasteiger partial charge in [0.1, 0.15) is 6.10 Å². The van der Waals surface area contributed by atoms with Crippen LogP contribution in [0.3, 0.4) is 0 Å². The fraction of sp³-hybridized carbons (Fsp3) is 0.529. The Bertz CT molecular complexity index is 523. The summed E-state index contributed by atoms with van der Waals surface area (Å²) in [5.41, 5.74) is -0.886. The Morgan fingerprint density at radius 2 is 1.86 bits per heavy atom. The van der Waals surface area contributed by atoms with Crippen molar-refractivity contribution in [2.45, 2.75) is 56.7 Å². The van der Waals surface area contributed by atoms with E-state index in [0.717, 1.165) is 31.2 Å². The van der Waals surface area contributed by atoms with Crippen molar-refractivity contribution in [3.8, 4) is 0 Å². The number of hydrogen-bond donors (Lipinski definition) is 2. The van der Waals surface area contributed by atoms with Crippen LogP contribution in [0.25, 0.3) is 0 Å². The van der Waals surface area contributed by atoms with Gasteiger partial charge in [-0.25, -0.2) is 4.79 Å². The first-order valence-electron chi connectivity index (χ1n) is 7.60. The van der Waals surface area contributed by atoms with Crippen LogP contribution in [-0.4, -0.2) is 33.9 Å². The molecule has 0 spiro atoms. The second-order valence-corrected chi connectivity index (χ2v) is 6.09. The van der Waals surface area contributed by atoms with E-state index >= 15 is 0 Å². The smallest absolute Gasteiger partial charge is 0.338 e. The summed E-state index contributed by atoms with van der Waals surface area (Å²) in [6, 6.07) is 9.84. The molecule has 1 fully saturated rings. The molecule has 0 saturated heterocycles. The average Bonchev–Trinajstić information content (AvgIpc) is 2.47. The Hall–Kier alpha value is -1.88. The zero-order chi connectivity index (χ0) is 16.2. The van der Waals surface area contributed by atoms with Gasteiger partial charge in [0.2, 0.25) is 0 Å². The molecule has 1 aliphatic carbocycles. The topological polar surface area (TPSA) is 83.8 Å². The lowest BCUT2D eigenvalue weighted by Gasteiger charge is -2.33. The van der Waals surface area contributed by atoms with Crippen LogP contribution in [0.5, 0.6) is 0 Å². The van der Waals surface area contributed by atoms with Crippen molar-refractivity contribution < 1.29 is 24.5 Å². The number of hydrogen-bond acceptors (Lipinski definition) is 4. The van der Waals surface area contributed by atoms with Gasteiger partial charge >= 0.3 is 11.9 Å². The summed E-state index contributed by atoms with van der Waals surface area (Å²) in [5, 5.41) is 18.8. The predicted octanol–water partition coefficient (Wildman–Crippen LogP) is 2.48. The van der Waals surface area contributed by atoms with Crippen LogP contribution < -0.4 is 0 Å². The SMILES string of the molecule is C[C@](O)(CC(=O)O)C(=O)OC1CCCCC1c1ccccc1. The van der Waals surface area contributed by atoms with E-state index in [0.29, 0.717) is 0 Å². The summed E-state index contributed by atoms with van der Waals surface area (Å²) in [7, 11) is 0. The maximum atomic E-state index is 12.1. The molecule has 5 nitrogen and oxygen atoms in total. The quantitative estimate of drug-likeness (QED) is 0.816. The summed E-state index contributed by atoms with van der Waals surface area (Å²) in [6.45, 7) is 1.18. The lowest BCUT2D eigenvalue weighted by atomic mass is 9.81. The van der Waals surface area contributed by atoms with Crippen molar-refractivity contribution in [3.63, 3.8) is 0 Å². The van der Waals surface area contributed by atoms with E-state index in [9.17, 15) is 14.7 Å². The number of benzene rings is 1. The third-order valence-electron chi connectivity index (χ3n) is 4.12. The average molecular weight is 306 g/mol. The lowest BCUT2D eigenvalue weighted by Crippen LogP contribution is -2.42. The highest BCUT2D eigenvalue weighted by atomic mass is 16.6. The van der Waals surface area contributed by atoms with Gasteiger partial charge in [0.25, 0.3) is 0 Å². The highest BCUT2D eigenvalue weighted by Crippen LogP contribution is 2.35. The first kappa shape index (κ1) is 16.5. The minimum atomic E-state index is -2.00. The van der Waals surface area contributed by atoms with Gasteiger partial charge in [-0.15, -0.1) is 0 Å². The maximum absolute atomic E-state index is 12.1. The van der Waals surface area contributed by atoms with Gasteiger partial charge in [-0.05, 0) is 31.7 Å². The van der Waals surface area contributed by atoms with Gasteiger partial charge in [-0.3, -0.25) is 4.79 Å². The molecule has 0 heterocycles. The molecule has 2 N–H and O–H groups in total. The largest absolute Gasteiger partial charge is 0.481 e. The zero-order valence-corrected chi connectivity index (χ0v) is 12.7. The summed E-state index contributed by atoms with van der Waals surface area (Å²) < 4.78 is 5.47. The Balaban J connectivity index is 2.09. The van der Waals surface area contributed by atoms with Gasteiger partial charge in [-0.2, -0.15) is 0 Å². The molecular formula is C17H22O5. The van der Waals surface area contributed by atoms with E-state index < -0.39 is 24.0 Å². The normalized spacial score (nSPS) is 24.3. The van der Waals surface area contributed by atoms with Gasteiger partial charge in [0.15, 0.2) is 5.60 Å². The van der Waals surface area contributed by atoms with E-state index in [2.05, 4.69) is 0 Å². The molecule has 0 amide bonds. The number of carbonyl (C=O) groups is 2. The molecule has 5 heteroatoms. The molecule has 1 aromatic rings. The van der Waals surface area contributed by atoms with Crippen molar-refractivity contribution in [1.82, 2.24) is 0 Å². The Labute approximate surface area is 129 Å². The molecular weight excluding hydrogens is 284 g/mol. The second kappa shape index (κ2) is 6.92. The summed E-state index contributed by atoms with van der Waals surface area (Å²) in [6.07, 6.45) is 2.71. The molecule has 0 aromatic heterocycles. The maximum Gasteiger partial charge on any atom is 0.338 e. The standard InChI is InChI=1S/C17H22O5/c1-17(21,11-15(18)19)16(20)22-14-10-6-5-9-13(14)12-7-3-2-4-8-12/h2-4,7-8,13-14,21H,5-6,9-11H2,1H3,(H,18,19)/t13?,14?,17-/m0/s1. The molecule has 3 atom stereocenters. The molecule has 1 aliphatic rings. The molecule has 0 radical (unpaired) electrons. The second-order valence-electron chi connectivity index (χ2n) is 6.09. The van der Waals surface area contributed by atoms with Gasteiger partial charge in [0.05, 0.1) is 6.42 Å². The molecule has 1 saturated carbocycles. The molecule has 0 bridgehead atoms. The van der Waals surface area contributed by atoms with Crippen LogP contribution in [0.2, 0.25) is 0 Å². The van der Waals surface area contributed by atoms with Crippen molar-refractivity contribution >= 4 is 11.9 Å². The van der Waals surface area contributed by atoms with Crippen LogP contribution in [0, 0.1) is 0 Å². The zero-order valence-electron chi connectivity index (χ0n) is 12.7. The third-order valence-corrected chi connectivity index (χ3v) is 4.12. The fourth-order valence-electron chi connectivity index (χ4n) is 2.95. The lowest BCUT2D eigenvalue weighted by molar-refractivity contribution is -0.176. The van der Waals surface area contributed by atoms with Crippen LogP contribution >= 0.6 is 0 Å². The summed E-state index contributed by atoms with van der Waals surface area (Å²) in [5.74, 6) is -1.99. The van der Waals surface area contributed by atoms with E-state index in [1.54, 1.807) is 0 Å². The van der Waals surface area contributed by atoms with Crippen molar-refractivity contribution in [2.24, 2.45) is 0 Å². The molecule has 120 valence electrons. The van der Waals surface area contributed by atoms with Crippen LogP contribution in [0.1, 0.15) is 50.5 Å². The highest BCUT2D eigenvalue weighted by Gasteiger charge is 2.38. The monoisotopic (exact) mass is 306 g/mol. The minimum absolute atomic E-state index is 0.0968. The van der Waals surface area contributed by atoms with Crippen molar-refractivity contribution in [3.05, 3.63) is 35.9 Å². The number of ether oxygens (including phenoxy) is 1. The molecule has 22 heavy (non-hydrogen) atoms. The first-order chi connectivity index (χ1) is 10.4. The minimum Gasteiger partial charge on any atom is -0.481 e. The van der Waals surface area contributed by atoms with E-state index in [1.807, 2.05) is 30.3 Å². The van der Waals surface area contributed by atoms with Crippen LogP contribution in [-0.2, 0) is 14.3 Å². The van der Waals surface area contributed by atoms with E-state index in [4.69, 9.17) is 9.84 Å². The summed E-state index contributed by atoms with van der Waals surface area (Å²) in [4.78, 5) is 22.8. The molecule has 2 unspecified atom stereocenters. The Kier molecular flexibility index (Phi) is 5.19. The number of carbonyl (C=O) groups excluding carboxylic acids is 1. The number of carboxylic acid groups (broad SMARTS) is 1. The van der Waals surface area contributed by atoms with E-state index in [1.165, 1.54) is 6.92 Å². The van der Waals surface area contributed by atoms with Gasteiger partial charge < -0.3 is 14.9 Å². The third kappa shape index (κ3) is 4.07. The number of carboxylic acids is 1. The van der Waals surface area contributed by atoms with Crippen molar-refractivity contribution in [1.29, 1.82) is 0 Å². The van der Waals surface area contributed by atoms with Crippen molar-refractivity contribution in [2.75, 3.05) is 0 Å². The predicted molar refractivity (Wildman–Crippen MR) is 80.4 cm³/mol. The fourth-order valence-corrected chi connectivity index (χ4v) is 2.95. The Morgan fingerprint density at radius 1 is 1.23 bits per heavy atom. The van der Waals surface area contributed by atoms with Crippen LogP contribution in [0.4, 0.5) is 0 Å². The van der Waals surface area contributed by atoms with Crippen LogP contribution in [0.15, 0.2) is 30.3 Å². The van der Waals surface area contributed by atoms with E-state index in [-0.39, 0.29) is 12.0 Å².